The Balaban J connectivity index is 1.33. The summed E-state index contributed by atoms with van der Waals surface area (Å²) < 4.78 is 14.6. The normalized spacial score (nSPS) is 12.8. The molecule has 1 aliphatic heterocycles. The Morgan fingerprint density at radius 1 is 0.914 bits per heavy atom. The Morgan fingerprint density at radius 3 is 2.54 bits per heavy atom. The van der Waals surface area contributed by atoms with Crippen molar-refractivity contribution >= 4 is 10.9 Å². The Hall–Kier alpha value is -3.24. The number of nitrogens with zero attached hydrogens (tertiary/aromatic N) is 2. The van der Waals surface area contributed by atoms with Crippen LogP contribution in [0.15, 0.2) is 72.8 Å². The molecule has 0 spiro atoms. The van der Waals surface area contributed by atoms with Gasteiger partial charge in [0.15, 0.2) is 0 Å². The molecule has 2 heterocycles. The summed E-state index contributed by atoms with van der Waals surface area (Å²) in [5.41, 5.74) is 6.39. The highest BCUT2D eigenvalue weighted by molar-refractivity contribution is 5.93. The van der Waals surface area contributed by atoms with Crippen LogP contribution in [0.2, 0.25) is 0 Å². The van der Waals surface area contributed by atoms with Crippen LogP contribution < -0.4 is 9.47 Å². The zero-order chi connectivity index (χ0) is 24.0. The van der Waals surface area contributed by atoms with E-state index in [2.05, 4.69) is 96.2 Å². The summed E-state index contributed by atoms with van der Waals surface area (Å²) in [7, 11) is 2.20. The van der Waals surface area contributed by atoms with E-state index in [0.717, 1.165) is 44.0 Å². The van der Waals surface area contributed by atoms with Crippen LogP contribution >= 0.6 is 0 Å². The second kappa shape index (κ2) is 11.0. The van der Waals surface area contributed by atoms with Crippen molar-refractivity contribution in [3.63, 3.8) is 0 Å². The highest BCUT2D eigenvalue weighted by Gasteiger charge is 2.23. The highest BCUT2D eigenvalue weighted by Crippen LogP contribution is 2.41. The van der Waals surface area contributed by atoms with Crippen molar-refractivity contribution in [2.75, 3.05) is 33.4 Å². The molecule has 0 amide bonds. The average Bonchev–Trinajstić information content (AvgIpc) is 3.06. The van der Waals surface area contributed by atoms with E-state index in [1.54, 1.807) is 0 Å². The number of benzene rings is 3. The van der Waals surface area contributed by atoms with Crippen molar-refractivity contribution in [2.24, 2.45) is 0 Å². The maximum Gasteiger partial charge on any atom is 0.128 e. The summed E-state index contributed by atoms with van der Waals surface area (Å²) in [6.45, 7) is 6.75. The molecule has 0 radical (unpaired) electrons. The molecule has 4 heteroatoms. The third kappa shape index (κ3) is 5.23. The highest BCUT2D eigenvalue weighted by atomic mass is 16.5. The first kappa shape index (κ1) is 23.5. The SMILES string of the molecule is CCCCN(C)CCCOc1ccc(Cn2c3c(c4ccccc42)CCOc2ccccc2-3)cc1. The average molecular weight is 469 g/mol. The maximum absolute atomic E-state index is 6.11. The van der Waals surface area contributed by atoms with Gasteiger partial charge in [-0.2, -0.15) is 0 Å². The van der Waals surface area contributed by atoms with Gasteiger partial charge < -0.3 is 18.9 Å². The van der Waals surface area contributed by atoms with E-state index >= 15 is 0 Å². The molecule has 0 aliphatic carbocycles. The van der Waals surface area contributed by atoms with Crippen LogP contribution in [0, 0.1) is 0 Å². The third-order valence-electron chi connectivity index (χ3n) is 6.94. The van der Waals surface area contributed by atoms with Gasteiger partial charge in [-0.1, -0.05) is 55.8 Å². The molecule has 1 aromatic heterocycles. The Kier molecular flexibility index (Phi) is 7.39. The first-order valence-corrected chi connectivity index (χ1v) is 13.0. The molecule has 35 heavy (non-hydrogen) atoms. The van der Waals surface area contributed by atoms with E-state index in [0.29, 0.717) is 6.61 Å². The van der Waals surface area contributed by atoms with Crippen molar-refractivity contribution in [1.29, 1.82) is 0 Å². The number of unbranched alkanes of at least 4 members (excludes halogenated alkanes) is 1. The monoisotopic (exact) mass is 468 g/mol. The number of rotatable bonds is 10. The van der Waals surface area contributed by atoms with Crippen LogP contribution in [-0.4, -0.2) is 42.8 Å². The van der Waals surface area contributed by atoms with Gasteiger partial charge in [-0.05, 0) is 67.9 Å². The molecule has 0 atom stereocenters. The molecule has 0 saturated carbocycles. The molecule has 4 aromatic rings. The van der Waals surface area contributed by atoms with Crippen LogP contribution in [0.1, 0.15) is 37.3 Å². The molecule has 4 nitrogen and oxygen atoms in total. The van der Waals surface area contributed by atoms with Crippen LogP contribution in [-0.2, 0) is 13.0 Å². The van der Waals surface area contributed by atoms with E-state index in [-0.39, 0.29) is 0 Å². The fraction of sp³-hybridized carbons (Fsp3) is 0.355. The van der Waals surface area contributed by atoms with Crippen molar-refractivity contribution in [2.45, 2.75) is 39.2 Å². The Morgan fingerprint density at radius 2 is 1.69 bits per heavy atom. The third-order valence-corrected chi connectivity index (χ3v) is 6.94. The topological polar surface area (TPSA) is 26.6 Å². The van der Waals surface area contributed by atoms with Crippen LogP contribution in [0.5, 0.6) is 11.5 Å². The van der Waals surface area contributed by atoms with Crippen molar-refractivity contribution in [1.82, 2.24) is 9.47 Å². The second-order valence-corrected chi connectivity index (χ2v) is 9.53. The van der Waals surface area contributed by atoms with Crippen LogP contribution in [0.3, 0.4) is 0 Å². The van der Waals surface area contributed by atoms with E-state index < -0.39 is 0 Å². The van der Waals surface area contributed by atoms with Gasteiger partial charge in [0.2, 0.25) is 0 Å². The van der Waals surface area contributed by atoms with E-state index in [4.69, 9.17) is 9.47 Å². The fourth-order valence-corrected chi connectivity index (χ4v) is 5.09. The largest absolute Gasteiger partial charge is 0.494 e. The Bertz CT molecular complexity index is 1260. The van der Waals surface area contributed by atoms with Crippen molar-refractivity contribution < 1.29 is 9.47 Å². The molecule has 182 valence electrons. The van der Waals surface area contributed by atoms with Gasteiger partial charge in [0, 0.05) is 36.0 Å². The Labute approximate surface area is 209 Å². The molecule has 0 bridgehead atoms. The molecule has 3 aromatic carbocycles. The lowest BCUT2D eigenvalue weighted by atomic mass is 10.0. The standard InChI is InChI=1S/C31H36N2O2/c1-3-4-19-32(2)20-9-21-34-25-16-14-24(15-17-25)23-33-29-12-7-5-10-26(29)27-18-22-35-30-13-8-6-11-28(30)31(27)33/h5-8,10-17H,3-4,9,18-23H2,1-2H3. The fourth-order valence-electron chi connectivity index (χ4n) is 5.09. The molecule has 5 rings (SSSR count). The van der Waals surface area contributed by atoms with Gasteiger partial charge in [-0.15, -0.1) is 0 Å². The first-order valence-electron chi connectivity index (χ1n) is 13.0. The molecular weight excluding hydrogens is 432 g/mol. The van der Waals surface area contributed by atoms with Gasteiger partial charge in [0.25, 0.3) is 0 Å². The molecule has 0 unspecified atom stereocenters. The molecule has 0 saturated heterocycles. The minimum Gasteiger partial charge on any atom is -0.494 e. The van der Waals surface area contributed by atoms with E-state index in [9.17, 15) is 0 Å². The first-order chi connectivity index (χ1) is 17.2. The molecular formula is C31H36N2O2. The minimum atomic E-state index is 0.707. The van der Waals surface area contributed by atoms with E-state index in [1.165, 1.54) is 52.7 Å². The van der Waals surface area contributed by atoms with Crippen molar-refractivity contribution in [3.8, 4) is 22.8 Å². The lowest BCUT2D eigenvalue weighted by Crippen LogP contribution is -2.22. The number of aromatic nitrogens is 1. The summed E-state index contributed by atoms with van der Waals surface area (Å²) in [4.78, 5) is 2.39. The van der Waals surface area contributed by atoms with E-state index in [1.807, 2.05) is 0 Å². The minimum absolute atomic E-state index is 0.707. The zero-order valence-electron chi connectivity index (χ0n) is 21.0. The van der Waals surface area contributed by atoms with Gasteiger partial charge in [-0.3, -0.25) is 0 Å². The summed E-state index contributed by atoms with van der Waals surface area (Å²) in [5.74, 6) is 1.92. The number of fused-ring (bicyclic) bond motifs is 5. The van der Waals surface area contributed by atoms with Gasteiger partial charge >= 0.3 is 0 Å². The maximum atomic E-state index is 6.11. The summed E-state index contributed by atoms with van der Waals surface area (Å²) in [6, 6.07) is 25.8. The quantitative estimate of drug-likeness (QED) is 0.240. The van der Waals surface area contributed by atoms with Crippen LogP contribution in [0.4, 0.5) is 0 Å². The van der Waals surface area contributed by atoms with Gasteiger partial charge in [0.1, 0.15) is 11.5 Å². The van der Waals surface area contributed by atoms with Gasteiger partial charge in [0.05, 0.1) is 18.9 Å². The number of hydrogen-bond acceptors (Lipinski definition) is 3. The lowest BCUT2D eigenvalue weighted by molar-refractivity contribution is 0.261. The molecule has 0 N–H and O–H groups in total. The molecule has 0 fully saturated rings. The summed E-state index contributed by atoms with van der Waals surface area (Å²) in [6.07, 6.45) is 4.47. The number of ether oxygens (including phenoxy) is 2. The van der Waals surface area contributed by atoms with Gasteiger partial charge in [-0.25, -0.2) is 0 Å². The smallest absolute Gasteiger partial charge is 0.128 e. The number of hydrogen-bond donors (Lipinski definition) is 0. The lowest BCUT2D eigenvalue weighted by Gasteiger charge is -2.16. The zero-order valence-corrected chi connectivity index (χ0v) is 21.0. The number of para-hydroxylation sites is 2. The summed E-state index contributed by atoms with van der Waals surface area (Å²) >= 11 is 0. The predicted molar refractivity (Wildman–Crippen MR) is 145 cm³/mol. The predicted octanol–water partition coefficient (Wildman–Crippen LogP) is 6.79. The summed E-state index contributed by atoms with van der Waals surface area (Å²) in [5, 5.41) is 1.33. The van der Waals surface area contributed by atoms with Crippen molar-refractivity contribution in [3.05, 3.63) is 83.9 Å². The molecule has 1 aliphatic rings. The second-order valence-electron chi connectivity index (χ2n) is 9.53. The van der Waals surface area contributed by atoms with Crippen LogP contribution in [0.25, 0.3) is 22.2 Å².